The number of ether oxygens (including phenoxy) is 1. The molecule has 1 atom stereocenters. The Morgan fingerprint density at radius 1 is 1.26 bits per heavy atom. The van der Waals surface area contributed by atoms with E-state index in [4.69, 9.17) is 4.74 Å². The number of hydrogen-bond donors (Lipinski definition) is 1. The highest BCUT2D eigenvalue weighted by Gasteiger charge is 2.49. The average Bonchev–Trinajstić information content (AvgIpc) is 3.20. The summed E-state index contributed by atoms with van der Waals surface area (Å²) in [6.07, 6.45) is 4.74. The maximum absolute atomic E-state index is 13.0. The molecule has 1 aromatic carbocycles. The molecule has 1 saturated heterocycles. The highest BCUT2D eigenvalue weighted by molar-refractivity contribution is 6.00. The molecule has 5 heteroatoms. The number of methoxy groups -OCH3 is 1. The zero-order valence-electron chi connectivity index (χ0n) is 13.9. The SMILES string of the molecule is CNC(=O)C1(COC)CCCN1C(=O)c1ccc2c(c1)CCC2. The minimum absolute atomic E-state index is 0.0714. The van der Waals surface area contributed by atoms with Crippen LogP contribution in [0.1, 0.15) is 40.7 Å². The highest BCUT2D eigenvalue weighted by Crippen LogP contribution is 2.32. The monoisotopic (exact) mass is 316 g/mol. The number of carbonyl (C=O) groups is 2. The molecule has 23 heavy (non-hydrogen) atoms. The molecule has 124 valence electrons. The lowest BCUT2D eigenvalue weighted by Gasteiger charge is -2.36. The van der Waals surface area contributed by atoms with E-state index in [9.17, 15) is 9.59 Å². The van der Waals surface area contributed by atoms with Crippen molar-refractivity contribution in [3.8, 4) is 0 Å². The Labute approximate surface area is 137 Å². The van der Waals surface area contributed by atoms with Crippen molar-refractivity contribution in [3.05, 3.63) is 34.9 Å². The molecule has 1 aliphatic carbocycles. The van der Waals surface area contributed by atoms with Crippen molar-refractivity contribution in [3.63, 3.8) is 0 Å². The number of carbonyl (C=O) groups excluding carboxylic acids is 2. The van der Waals surface area contributed by atoms with Gasteiger partial charge < -0.3 is 15.0 Å². The third-order valence-electron chi connectivity index (χ3n) is 5.11. The van der Waals surface area contributed by atoms with Crippen LogP contribution in [0, 0.1) is 0 Å². The van der Waals surface area contributed by atoms with Gasteiger partial charge in [-0.1, -0.05) is 6.07 Å². The van der Waals surface area contributed by atoms with Gasteiger partial charge in [0.05, 0.1) is 6.61 Å². The molecule has 1 aromatic rings. The second-order valence-electron chi connectivity index (χ2n) is 6.44. The van der Waals surface area contributed by atoms with Crippen molar-refractivity contribution < 1.29 is 14.3 Å². The van der Waals surface area contributed by atoms with Crippen LogP contribution in [-0.2, 0) is 22.4 Å². The van der Waals surface area contributed by atoms with Gasteiger partial charge >= 0.3 is 0 Å². The average molecular weight is 316 g/mol. The molecule has 0 radical (unpaired) electrons. The number of nitrogens with one attached hydrogen (secondary N) is 1. The summed E-state index contributed by atoms with van der Waals surface area (Å²) in [4.78, 5) is 27.2. The maximum atomic E-state index is 13.0. The van der Waals surface area contributed by atoms with Crippen molar-refractivity contribution in [1.29, 1.82) is 0 Å². The summed E-state index contributed by atoms with van der Waals surface area (Å²) in [5, 5.41) is 2.70. The first-order valence-electron chi connectivity index (χ1n) is 8.27. The number of fused-ring (bicyclic) bond motifs is 1. The van der Waals surface area contributed by atoms with E-state index < -0.39 is 5.54 Å². The molecule has 2 aliphatic rings. The predicted molar refractivity (Wildman–Crippen MR) is 87.4 cm³/mol. The molecule has 1 fully saturated rings. The van der Waals surface area contributed by atoms with Crippen LogP contribution < -0.4 is 5.32 Å². The minimum atomic E-state index is -0.889. The summed E-state index contributed by atoms with van der Waals surface area (Å²) < 4.78 is 5.29. The van der Waals surface area contributed by atoms with E-state index in [1.807, 2.05) is 12.1 Å². The number of amides is 2. The van der Waals surface area contributed by atoms with E-state index in [0.717, 1.165) is 25.7 Å². The van der Waals surface area contributed by atoms with Gasteiger partial charge in [0.15, 0.2) is 0 Å². The second kappa shape index (κ2) is 6.32. The van der Waals surface area contributed by atoms with Crippen LogP contribution in [0.4, 0.5) is 0 Å². The summed E-state index contributed by atoms with van der Waals surface area (Å²) in [6, 6.07) is 5.96. The van der Waals surface area contributed by atoms with E-state index >= 15 is 0 Å². The maximum Gasteiger partial charge on any atom is 0.254 e. The van der Waals surface area contributed by atoms with Crippen LogP contribution in [-0.4, -0.2) is 49.6 Å². The lowest BCUT2D eigenvalue weighted by atomic mass is 9.94. The molecule has 5 nitrogen and oxygen atoms in total. The molecular weight excluding hydrogens is 292 g/mol. The van der Waals surface area contributed by atoms with Crippen LogP contribution in [0.25, 0.3) is 0 Å². The Bertz CT molecular complexity index is 629. The molecule has 1 heterocycles. The third-order valence-corrected chi connectivity index (χ3v) is 5.11. The van der Waals surface area contributed by atoms with Crippen LogP contribution >= 0.6 is 0 Å². The van der Waals surface area contributed by atoms with Crippen molar-refractivity contribution in [1.82, 2.24) is 10.2 Å². The van der Waals surface area contributed by atoms with Gasteiger partial charge in [0, 0.05) is 26.3 Å². The van der Waals surface area contributed by atoms with E-state index in [0.29, 0.717) is 18.5 Å². The molecule has 1 N–H and O–H groups in total. The predicted octanol–water partition coefficient (Wildman–Crippen LogP) is 1.54. The highest BCUT2D eigenvalue weighted by atomic mass is 16.5. The van der Waals surface area contributed by atoms with Crippen LogP contribution in [0.5, 0.6) is 0 Å². The van der Waals surface area contributed by atoms with Gasteiger partial charge in [-0.25, -0.2) is 0 Å². The quantitative estimate of drug-likeness (QED) is 0.917. The fourth-order valence-corrected chi connectivity index (χ4v) is 3.96. The zero-order valence-corrected chi connectivity index (χ0v) is 13.9. The summed E-state index contributed by atoms with van der Waals surface area (Å²) >= 11 is 0. The van der Waals surface area contributed by atoms with Gasteiger partial charge in [0.2, 0.25) is 5.91 Å². The zero-order chi connectivity index (χ0) is 16.4. The van der Waals surface area contributed by atoms with Crippen molar-refractivity contribution in [2.75, 3.05) is 27.3 Å². The van der Waals surface area contributed by atoms with Crippen molar-refractivity contribution in [2.45, 2.75) is 37.6 Å². The molecule has 3 rings (SSSR count). The van der Waals surface area contributed by atoms with E-state index in [1.165, 1.54) is 11.1 Å². The molecule has 0 saturated carbocycles. The first kappa shape index (κ1) is 16.0. The number of nitrogens with zero attached hydrogens (tertiary/aromatic N) is 1. The molecule has 0 bridgehead atoms. The fourth-order valence-electron chi connectivity index (χ4n) is 3.96. The fraction of sp³-hybridized carbons (Fsp3) is 0.556. The normalized spacial score (nSPS) is 23.0. The number of likely N-dealkylation sites (N-methyl/N-ethyl adjacent to an activating group) is 1. The second-order valence-corrected chi connectivity index (χ2v) is 6.44. The smallest absolute Gasteiger partial charge is 0.254 e. The van der Waals surface area contributed by atoms with E-state index in [2.05, 4.69) is 11.4 Å². The van der Waals surface area contributed by atoms with Crippen LogP contribution in [0.3, 0.4) is 0 Å². The summed E-state index contributed by atoms with van der Waals surface area (Å²) in [5.74, 6) is -0.218. The van der Waals surface area contributed by atoms with Crippen LogP contribution in [0.2, 0.25) is 0 Å². The molecule has 1 aliphatic heterocycles. The number of benzene rings is 1. The lowest BCUT2D eigenvalue weighted by molar-refractivity contribution is -0.133. The topological polar surface area (TPSA) is 58.6 Å². The Balaban J connectivity index is 1.92. The molecule has 2 amide bonds. The molecular formula is C18H24N2O3. The number of rotatable bonds is 4. The van der Waals surface area contributed by atoms with Gasteiger partial charge in [-0.2, -0.15) is 0 Å². The Hall–Kier alpha value is -1.88. The minimum Gasteiger partial charge on any atom is -0.382 e. The Kier molecular flexibility index (Phi) is 4.39. The molecule has 0 spiro atoms. The van der Waals surface area contributed by atoms with Gasteiger partial charge in [0.1, 0.15) is 5.54 Å². The first-order chi connectivity index (χ1) is 11.1. The van der Waals surface area contributed by atoms with Gasteiger partial charge in [-0.3, -0.25) is 9.59 Å². The Morgan fingerprint density at radius 3 is 2.78 bits per heavy atom. The number of aryl methyl sites for hydroxylation is 2. The summed E-state index contributed by atoms with van der Waals surface area (Å²) in [6.45, 7) is 0.816. The van der Waals surface area contributed by atoms with Gasteiger partial charge in [-0.15, -0.1) is 0 Å². The first-order valence-corrected chi connectivity index (χ1v) is 8.27. The van der Waals surface area contributed by atoms with Gasteiger partial charge in [-0.05, 0) is 55.4 Å². The van der Waals surface area contributed by atoms with Crippen LogP contribution in [0.15, 0.2) is 18.2 Å². The number of hydrogen-bond acceptors (Lipinski definition) is 3. The summed E-state index contributed by atoms with van der Waals surface area (Å²) in [7, 11) is 3.18. The molecule has 1 unspecified atom stereocenters. The lowest BCUT2D eigenvalue weighted by Crippen LogP contribution is -2.59. The Morgan fingerprint density at radius 2 is 2.04 bits per heavy atom. The van der Waals surface area contributed by atoms with E-state index in [1.54, 1.807) is 19.1 Å². The molecule has 0 aromatic heterocycles. The third kappa shape index (κ3) is 2.63. The van der Waals surface area contributed by atoms with E-state index in [-0.39, 0.29) is 18.4 Å². The van der Waals surface area contributed by atoms with Crippen molar-refractivity contribution in [2.24, 2.45) is 0 Å². The van der Waals surface area contributed by atoms with Crippen molar-refractivity contribution >= 4 is 11.8 Å². The van der Waals surface area contributed by atoms with Gasteiger partial charge in [0.25, 0.3) is 5.91 Å². The number of likely N-dealkylation sites (tertiary alicyclic amines) is 1. The standard InChI is InChI=1S/C18H24N2O3/c1-19-17(22)18(12-23-2)9-4-10-20(18)16(21)15-8-7-13-5-3-6-14(13)11-15/h7-8,11H,3-6,9-10,12H2,1-2H3,(H,19,22). The summed E-state index contributed by atoms with van der Waals surface area (Å²) in [5.41, 5.74) is 2.40. The largest absolute Gasteiger partial charge is 0.382 e.